The van der Waals surface area contributed by atoms with Crippen molar-refractivity contribution >= 4 is 17.6 Å². The zero-order valence-electron chi connectivity index (χ0n) is 15.6. The molecule has 3 rings (SSSR count). The summed E-state index contributed by atoms with van der Waals surface area (Å²) in [5.74, 6) is -1.11. The molecule has 0 bridgehead atoms. The average molecular weight is 393 g/mol. The van der Waals surface area contributed by atoms with E-state index >= 15 is 0 Å². The molecule has 2 N–H and O–H groups in total. The highest BCUT2D eigenvalue weighted by Crippen LogP contribution is 2.22. The molecule has 29 heavy (non-hydrogen) atoms. The second-order valence-electron chi connectivity index (χ2n) is 6.46. The van der Waals surface area contributed by atoms with Crippen molar-refractivity contribution in [3.8, 4) is 5.75 Å². The third-order valence-electron chi connectivity index (χ3n) is 4.25. The third-order valence-corrected chi connectivity index (χ3v) is 4.25. The number of anilines is 1. The molecule has 3 aromatic carbocycles. The lowest BCUT2D eigenvalue weighted by Crippen LogP contribution is -2.14. The number of hydrogen-bond donors (Lipinski definition) is 2. The Morgan fingerprint density at radius 1 is 0.931 bits per heavy atom. The summed E-state index contributed by atoms with van der Waals surface area (Å²) in [4.78, 5) is 23.5. The molecule has 0 aliphatic carbocycles. The lowest BCUT2D eigenvalue weighted by Gasteiger charge is -2.12. The first-order chi connectivity index (χ1) is 14.0. The number of carbonyl (C=O) groups is 2. The minimum atomic E-state index is -0.869. The van der Waals surface area contributed by atoms with Gasteiger partial charge in [0.1, 0.15) is 18.2 Å². The highest BCUT2D eigenvalue weighted by atomic mass is 19.1. The molecule has 0 fully saturated rings. The van der Waals surface area contributed by atoms with Crippen molar-refractivity contribution in [2.24, 2.45) is 0 Å². The van der Waals surface area contributed by atoms with Crippen molar-refractivity contribution in [3.05, 3.63) is 95.3 Å². The number of rotatable bonds is 8. The molecule has 0 aromatic heterocycles. The Bertz CT molecular complexity index is 1000. The Hall–Kier alpha value is -3.67. The van der Waals surface area contributed by atoms with E-state index in [9.17, 15) is 14.0 Å². The zero-order chi connectivity index (χ0) is 20.6. The number of aryl methyl sites for hydroxylation is 1. The van der Waals surface area contributed by atoms with Crippen molar-refractivity contribution in [1.82, 2.24) is 0 Å². The van der Waals surface area contributed by atoms with E-state index < -0.39 is 5.97 Å². The third kappa shape index (κ3) is 5.90. The van der Waals surface area contributed by atoms with Crippen LogP contribution in [0.15, 0.2) is 72.8 Å². The lowest BCUT2D eigenvalue weighted by atomic mass is 10.1. The molecular formula is C23H20FNO4. The van der Waals surface area contributed by atoms with Crippen LogP contribution in [0.4, 0.5) is 10.1 Å². The fraction of sp³-hybridized carbons (Fsp3) is 0.130. The van der Waals surface area contributed by atoms with E-state index in [1.807, 2.05) is 6.07 Å². The number of amides is 1. The van der Waals surface area contributed by atoms with Gasteiger partial charge in [-0.05, 0) is 53.9 Å². The topological polar surface area (TPSA) is 75.6 Å². The van der Waals surface area contributed by atoms with Crippen molar-refractivity contribution in [3.63, 3.8) is 0 Å². The highest BCUT2D eigenvalue weighted by Gasteiger charge is 2.13. The number of carboxylic acids is 1. The Kier molecular flexibility index (Phi) is 6.58. The summed E-state index contributed by atoms with van der Waals surface area (Å²) >= 11 is 0. The number of para-hydroxylation sites is 1. The number of carbonyl (C=O) groups excluding carboxylic acids is 1. The van der Waals surface area contributed by atoms with Crippen LogP contribution in [-0.4, -0.2) is 17.0 Å². The fourth-order valence-corrected chi connectivity index (χ4v) is 2.78. The van der Waals surface area contributed by atoms with Crippen molar-refractivity contribution in [2.45, 2.75) is 19.4 Å². The van der Waals surface area contributed by atoms with Gasteiger partial charge in [-0.15, -0.1) is 0 Å². The second-order valence-corrected chi connectivity index (χ2v) is 6.46. The van der Waals surface area contributed by atoms with Crippen LogP contribution >= 0.6 is 0 Å². The smallest absolute Gasteiger partial charge is 0.303 e. The van der Waals surface area contributed by atoms with Crippen molar-refractivity contribution in [2.75, 3.05) is 5.32 Å². The highest BCUT2D eigenvalue weighted by molar-refractivity contribution is 6.06. The fourth-order valence-electron chi connectivity index (χ4n) is 2.78. The molecule has 0 saturated carbocycles. The van der Waals surface area contributed by atoms with E-state index in [4.69, 9.17) is 9.84 Å². The van der Waals surface area contributed by atoms with Gasteiger partial charge in [0.05, 0.1) is 5.56 Å². The molecule has 0 spiro atoms. The van der Waals surface area contributed by atoms with Crippen molar-refractivity contribution < 1.29 is 23.8 Å². The molecule has 0 aliphatic heterocycles. The van der Waals surface area contributed by atoms with Gasteiger partial charge in [0.25, 0.3) is 5.91 Å². The molecule has 0 unspecified atom stereocenters. The number of hydrogen-bond acceptors (Lipinski definition) is 3. The maximum absolute atomic E-state index is 13.0. The first kappa shape index (κ1) is 20.1. The molecule has 0 saturated heterocycles. The Morgan fingerprint density at radius 3 is 2.45 bits per heavy atom. The zero-order valence-corrected chi connectivity index (χ0v) is 15.6. The molecule has 0 aliphatic rings. The lowest BCUT2D eigenvalue weighted by molar-refractivity contribution is -0.136. The summed E-state index contributed by atoms with van der Waals surface area (Å²) in [6.45, 7) is 0.204. The summed E-state index contributed by atoms with van der Waals surface area (Å²) in [6, 6.07) is 19.9. The molecule has 0 heterocycles. The molecule has 3 aromatic rings. The van der Waals surface area contributed by atoms with E-state index in [0.29, 0.717) is 23.4 Å². The Morgan fingerprint density at radius 2 is 1.69 bits per heavy atom. The van der Waals surface area contributed by atoms with Gasteiger partial charge in [0.15, 0.2) is 0 Å². The molecule has 6 heteroatoms. The van der Waals surface area contributed by atoms with Gasteiger partial charge in [-0.2, -0.15) is 0 Å². The van der Waals surface area contributed by atoms with E-state index in [2.05, 4.69) is 5.32 Å². The van der Waals surface area contributed by atoms with Crippen LogP contribution in [0.1, 0.15) is 27.9 Å². The minimum absolute atomic E-state index is 0.0253. The summed E-state index contributed by atoms with van der Waals surface area (Å²) in [7, 11) is 0. The Balaban J connectivity index is 1.69. The molecular weight excluding hydrogens is 373 g/mol. The molecule has 0 radical (unpaired) electrons. The van der Waals surface area contributed by atoms with E-state index in [-0.39, 0.29) is 24.8 Å². The standard InChI is InChI=1S/C23H20FNO4/c24-18-11-8-17(9-12-18)15-29-21-7-2-1-6-20(21)23(28)25-19-5-3-4-16(14-19)10-13-22(26)27/h1-9,11-12,14H,10,13,15H2,(H,25,28)(H,26,27). The number of ether oxygens (including phenoxy) is 1. The maximum Gasteiger partial charge on any atom is 0.303 e. The Labute approximate surface area is 167 Å². The van der Waals surface area contributed by atoms with Gasteiger partial charge in [-0.3, -0.25) is 9.59 Å². The van der Waals surface area contributed by atoms with Gasteiger partial charge in [0, 0.05) is 12.1 Å². The van der Waals surface area contributed by atoms with Crippen LogP contribution in [0.25, 0.3) is 0 Å². The summed E-state index contributed by atoms with van der Waals surface area (Å²) in [5.41, 5.74) is 2.55. The number of nitrogens with one attached hydrogen (secondary N) is 1. The minimum Gasteiger partial charge on any atom is -0.488 e. The predicted molar refractivity (Wildman–Crippen MR) is 108 cm³/mol. The van der Waals surface area contributed by atoms with Gasteiger partial charge in [-0.1, -0.05) is 36.4 Å². The molecule has 0 atom stereocenters. The van der Waals surface area contributed by atoms with Crippen LogP contribution < -0.4 is 10.1 Å². The normalized spacial score (nSPS) is 10.4. The number of carboxylic acid groups (broad SMARTS) is 1. The first-order valence-electron chi connectivity index (χ1n) is 9.09. The predicted octanol–water partition coefficient (Wildman–Crippen LogP) is 4.67. The molecule has 1 amide bonds. The van der Waals surface area contributed by atoms with E-state index in [1.165, 1.54) is 12.1 Å². The SMILES string of the molecule is O=C(O)CCc1cccc(NC(=O)c2ccccc2OCc2ccc(F)cc2)c1. The average Bonchev–Trinajstić information content (AvgIpc) is 2.72. The largest absolute Gasteiger partial charge is 0.488 e. The van der Waals surface area contributed by atoms with Gasteiger partial charge in [0.2, 0.25) is 0 Å². The van der Waals surface area contributed by atoms with Crippen molar-refractivity contribution in [1.29, 1.82) is 0 Å². The molecule has 148 valence electrons. The van der Waals surface area contributed by atoms with Crippen LogP contribution in [-0.2, 0) is 17.8 Å². The van der Waals surface area contributed by atoms with Gasteiger partial charge < -0.3 is 15.2 Å². The van der Waals surface area contributed by atoms with Gasteiger partial charge >= 0.3 is 5.97 Å². The van der Waals surface area contributed by atoms with Gasteiger partial charge in [-0.25, -0.2) is 4.39 Å². The quantitative estimate of drug-likeness (QED) is 0.583. The number of aliphatic carboxylic acids is 1. The van der Waals surface area contributed by atoms with E-state index in [0.717, 1.165) is 11.1 Å². The molecule has 5 nitrogen and oxygen atoms in total. The second kappa shape index (κ2) is 9.50. The van der Waals surface area contributed by atoms with Crippen LogP contribution in [0.2, 0.25) is 0 Å². The van der Waals surface area contributed by atoms with Crippen LogP contribution in [0, 0.1) is 5.82 Å². The van der Waals surface area contributed by atoms with E-state index in [1.54, 1.807) is 54.6 Å². The summed E-state index contributed by atoms with van der Waals surface area (Å²) < 4.78 is 18.8. The maximum atomic E-state index is 13.0. The summed E-state index contributed by atoms with van der Waals surface area (Å²) in [6.07, 6.45) is 0.411. The number of benzene rings is 3. The summed E-state index contributed by atoms with van der Waals surface area (Å²) in [5, 5.41) is 11.6. The monoisotopic (exact) mass is 393 g/mol. The van der Waals surface area contributed by atoms with Crippen LogP contribution in [0.3, 0.4) is 0 Å². The first-order valence-corrected chi connectivity index (χ1v) is 9.09. The van der Waals surface area contributed by atoms with Crippen LogP contribution in [0.5, 0.6) is 5.75 Å². The number of halogens is 1.